The number of rotatable bonds is 9. The van der Waals surface area contributed by atoms with Crippen molar-refractivity contribution in [2.75, 3.05) is 5.75 Å². The van der Waals surface area contributed by atoms with Crippen LogP contribution >= 0.6 is 46.5 Å². The molecule has 1 heterocycles. The van der Waals surface area contributed by atoms with Crippen LogP contribution in [0.1, 0.15) is 23.6 Å². The molecule has 0 aliphatic heterocycles. The highest BCUT2D eigenvalue weighted by molar-refractivity contribution is 8.03. The first-order chi connectivity index (χ1) is 14.1. The zero-order valence-electron chi connectivity index (χ0n) is 15.7. The number of halogens is 1. The molecule has 1 N–H and O–H groups in total. The number of hydrazone groups is 1. The average Bonchev–Trinajstić information content (AvgIpc) is 3.20. The number of amides is 1. The lowest BCUT2D eigenvalue weighted by Gasteiger charge is -2.00. The largest absolute Gasteiger partial charge is 0.272 e. The summed E-state index contributed by atoms with van der Waals surface area (Å²) in [6.07, 6.45) is 2.63. The van der Waals surface area contributed by atoms with E-state index in [2.05, 4.69) is 39.8 Å². The maximum Gasteiger partial charge on any atom is 0.250 e. The SMILES string of the molecule is CCc1ccc(/C=N\NC(=O)CSc2nnc(SCc3ccccc3Cl)s2)cc1. The second kappa shape index (κ2) is 11.3. The van der Waals surface area contributed by atoms with Crippen LogP contribution in [0.25, 0.3) is 0 Å². The third kappa shape index (κ3) is 7.15. The number of aryl methyl sites for hydroxylation is 1. The van der Waals surface area contributed by atoms with E-state index in [-0.39, 0.29) is 11.7 Å². The zero-order chi connectivity index (χ0) is 20.5. The van der Waals surface area contributed by atoms with Gasteiger partial charge in [-0.25, -0.2) is 5.43 Å². The average molecular weight is 463 g/mol. The molecule has 0 bridgehead atoms. The number of nitrogens with zero attached hydrogens (tertiary/aromatic N) is 3. The normalized spacial score (nSPS) is 11.1. The van der Waals surface area contributed by atoms with Crippen LogP contribution in [0.2, 0.25) is 5.02 Å². The van der Waals surface area contributed by atoms with Crippen LogP contribution in [0.3, 0.4) is 0 Å². The number of benzene rings is 2. The third-order valence-corrected chi connectivity index (χ3v) is 7.42. The third-order valence-electron chi connectivity index (χ3n) is 3.81. The van der Waals surface area contributed by atoms with Gasteiger partial charge >= 0.3 is 0 Å². The number of carbonyl (C=O) groups excluding carboxylic acids is 1. The molecule has 3 aromatic rings. The minimum absolute atomic E-state index is 0.183. The van der Waals surface area contributed by atoms with Crippen LogP contribution < -0.4 is 5.43 Å². The Morgan fingerprint density at radius 1 is 1.14 bits per heavy atom. The molecule has 29 heavy (non-hydrogen) atoms. The van der Waals surface area contributed by atoms with Crippen molar-refractivity contribution in [1.29, 1.82) is 0 Å². The number of nitrogens with one attached hydrogen (secondary N) is 1. The number of hydrogen-bond acceptors (Lipinski definition) is 7. The molecule has 1 amide bonds. The van der Waals surface area contributed by atoms with Gasteiger partial charge in [0.05, 0.1) is 12.0 Å². The number of aromatic nitrogens is 2. The fourth-order valence-corrected chi connectivity index (χ4v) is 5.34. The first kappa shape index (κ1) is 21.8. The topological polar surface area (TPSA) is 67.2 Å². The van der Waals surface area contributed by atoms with Crippen LogP contribution in [0, 0.1) is 0 Å². The van der Waals surface area contributed by atoms with Gasteiger partial charge in [-0.05, 0) is 29.2 Å². The number of thioether (sulfide) groups is 2. The van der Waals surface area contributed by atoms with Crippen LogP contribution in [0.5, 0.6) is 0 Å². The van der Waals surface area contributed by atoms with E-state index in [9.17, 15) is 4.79 Å². The van der Waals surface area contributed by atoms with Gasteiger partial charge in [-0.1, -0.05) is 95.8 Å². The van der Waals surface area contributed by atoms with Crippen LogP contribution in [0.4, 0.5) is 0 Å². The molecule has 0 unspecified atom stereocenters. The molecule has 5 nitrogen and oxygen atoms in total. The lowest BCUT2D eigenvalue weighted by atomic mass is 10.1. The lowest BCUT2D eigenvalue weighted by Crippen LogP contribution is -2.19. The fourth-order valence-electron chi connectivity index (χ4n) is 2.25. The molecule has 2 aromatic carbocycles. The van der Waals surface area contributed by atoms with Crippen molar-refractivity contribution >= 4 is 58.6 Å². The highest BCUT2D eigenvalue weighted by Gasteiger charge is 2.09. The van der Waals surface area contributed by atoms with Crippen LogP contribution in [-0.4, -0.2) is 28.1 Å². The summed E-state index contributed by atoms with van der Waals surface area (Å²) in [5.41, 5.74) is 5.81. The summed E-state index contributed by atoms with van der Waals surface area (Å²) >= 11 is 10.6. The van der Waals surface area contributed by atoms with E-state index in [0.29, 0.717) is 0 Å². The van der Waals surface area contributed by atoms with E-state index >= 15 is 0 Å². The van der Waals surface area contributed by atoms with Gasteiger partial charge < -0.3 is 0 Å². The van der Waals surface area contributed by atoms with Gasteiger partial charge in [0.1, 0.15) is 0 Å². The lowest BCUT2D eigenvalue weighted by molar-refractivity contribution is -0.118. The van der Waals surface area contributed by atoms with Crippen molar-refractivity contribution in [3.63, 3.8) is 0 Å². The highest BCUT2D eigenvalue weighted by Crippen LogP contribution is 2.32. The van der Waals surface area contributed by atoms with Crippen molar-refractivity contribution in [2.45, 2.75) is 27.8 Å². The monoisotopic (exact) mass is 462 g/mol. The molecule has 0 fully saturated rings. The minimum atomic E-state index is -0.183. The Kier molecular flexibility index (Phi) is 8.54. The Morgan fingerprint density at radius 3 is 2.59 bits per heavy atom. The van der Waals surface area contributed by atoms with Crippen molar-refractivity contribution in [1.82, 2.24) is 15.6 Å². The van der Waals surface area contributed by atoms with E-state index < -0.39 is 0 Å². The van der Waals surface area contributed by atoms with Gasteiger partial charge in [-0.15, -0.1) is 10.2 Å². The van der Waals surface area contributed by atoms with E-state index in [1.165, 1.54) is 28.7 Å². The molecule has 0 radical (unpaired) electrons. The fraction of sp³-hybridized carbons (Fsp3) is 0.200. The first-order valence-corrected chi connectivity index (χ1v) is 12.0. The summed E-state index contributed by atoms with van der Waals surface area (Å²) in [7, 11) is 0. The Labute approximate surface area is 187 Å². The van der Waals surface area contributed by atoms with Gasteiger partial charge in [0.15, 0.2) is 8.68 Å². The van der Waals surface area contributed by atoms with Crippen molar-refractivity contribution in [3.8, 4) is 0 Å². The standard InChI is InChI=1S/C20H19ClN4OS3/c1-2-14-7-9-15(10-8-14)11-22-23-18(26)13-28-20-25-24-19(29-20)27-12-16-5-3-4-6-17(16)21/h3-11H,2,12-13H2,1H3,(H,23,26)/b22-11-. The summed E-state index contributed by atoms with van der Waals surface area (Å²) < 4.78 is 1.60. The molecule has 0 aliphatic rings. The predicted molar refractivity (Wildman–Crippen MR) is 123 cm³/mol. The summed E-state index contributed by atoms with van der Waals surface area (Å²) in [4.78, 5) is 12.0. The van der Waals surface area contributed by atoms with Gasteiger partial charge in [0.2, 0.25) is 0 Å². The first-order valence-electron chi connectivity index (χ1n) is 8.87. The van der Waals surface area contributed by atoms with E-state index in [0.717, 1.165) is 37.0 Å². The molecule has 9 heteroatoms. The molecule has 150 valence electrons. The van der Waals surface area contributed by atoms with Gasteiger partial charge in [-0.3, -0.25) is 4.79 Å². The maximum absolute atomic E-state index is 12.0. The van der Waals surface area contributed by atoms with E-state index in [1.54, 1.807) is 18.0 Å². The number of hydrogen-bond donors (Lipinski definition) is 1. The second-order valence-electron chi connectivity index (χ2n) is 5.89. The molecule has 3 rings (SSSR count). The summed E-state index contributed by atoms with van der Waals surface area (Å²) in [5.74, 6) is 0.778. The van der Waals surface area contributed by atoms with Gasteiger partial charge in [0, 0.05) is 10.8 Å². The predicted octanol–water partition coefficient (Wildman–Crippen LogP) is 5.29. The van der Waals surface area contributed by atoms with Crippen molar-refractivity contribution in [3.05, 3.63) is 70.2 Å². The molecule has 0 saturated carbocycles. The van der Waals surface area contributed by atoms with Gasteiger partial charge in [0.25, 0.3) is 5.91 Å². The molecule has 0 aliphatic carbocycles. The molecule has 0 spiro atoms. The molecule has 0 saturated heterocycles. The summed E-state index contributed by atoms with van der Waals surface area (Å²) in [6.45, 7) is 2.11. The molecule has 0 atom stereocenters. The Balaban J connectivity index is 1.41. The molecular formula is C20H19ClN4OS3. The number of carbonyl (C=O) groups is 1. The van der Waals surface area contributed by atoms with E-state index in [4.69, 9.17) is 11.6 Å². The Hall–Kier alpha value is -1.87. The van der Waals surface area contributed by atoms with Crippen molar-refractivity contribution < 1.29 is 4.79 Å². The quantitative estimate of drug-likeness (QED) is 0.266. The molecular weight excluding hydrogens is 444 g/mol. The van der Waals surface area contributed by atoms with Crippen LogP contribution in [-0.2, 0) is 17.0 Å². The zero-order valence-corrected chi connectivity index (χ0v) is 18.9. The van der Waals surface area contributed by atoms with Crippen molar-refractivity contribution in [2.24, 2.45) is 5.10 Å². The second-order valence-corrected chi connectivity index (χ2v) is 9.72. The Morgan fingerprint density at radius 2 is 1.86 bits per heavy atom. The van der Waals surface area contributed by atoms with E-state index in [1.807, 2.05) is 36.4 Å². The smallest absolute Gasteiger partial charge is 0.250 e. The minimum Gasteiger partial charge on any atom is -0.272 e. The van der Waals surface area contributed by atoms with Gasteiger partial charge in [-0.2, -0.15) is 5.10 Å². The Bertz CT molecular complexity index is 976. The summed E-state index contributed by atoms with van der Waals surface area (Å²) in [5, 5.41) is 13.0. The summed E-state index contributed by atoms with van der Waals surface area (Å²) in [6, 6.07) is 15.8. The maximum atomic E-state index is 12.0. The van der Waals surface area contributed by atoms with Crippen LogP contribution in [0.15, 0.2) is 62.3 Å². The highest BCUT2D eigenvalue weighted by atomic mass is 35.5. The molecule has 1 aromatic heterocycles.